The average molecular weight is 314 g/mol. The summed E-state index contributed by atoms with van der Waals surface area (Å²) in [6.45, 7) is 0. The Balaban J connectivity index is 0.00000121. The van der Waals surface area contributed by atoms with Gasteiger partial charge in [-0.05, 0) is 18.2 Å². The van der Waals surface area contributed by atoms with Crippen LogP contribution < -0.4 is 5.73 Å². The molecule has 66 valence electrons. The van der Waals surface area contributed by atoms with Crippen molar-refractivity contribution in [3.05, 3.63) is 32.7 Å². The number of amidine groups is 1. The molecule has 1 rings (SSSR count). The van der Waals surface area contributed by atoms with E-state index in [-0.39, 0.29) is 18.2 Å². The molecular weight excluding hydrogens is 307 g/mol. The molecule has 0 unspecified atom stereocenters. The Kier molecular flexibility index (Phi) is 4.82. The highest BCUT2D eigenvalue weighted by Crippen LogP contribution is 2.20. The van der Waals surface area contributed by atoms with Crippen molar-refractivity contribution in [2.24, 2.45) is 5.73 Å². The molecule has 0 bridgehead atoms. The van der Waals surface area contributed by atoms with Crippen LogP contribution in [0.4, 0.5) is 0 Å². The normalized spacial score (nSPS) is 8.83. The summed E-state index contributed by atoms with van der Waals surface area (Å²) in [5, 5.41) is 7.20. The maximum absolute atomic E-state index is 7.20. The lowest BCUT2D eigenvalue weighted by atomic mass is 10.2. The van der Waals surface area contributed by atoms with Crippen molar-refractivity contribution in [1.29, 1.82) is 5.41 Å². The van der Waals surface area contributed by atoms with Crippen LogP contribution in [0, 0.1) is 5.41 Å². The molecule has 0 atom stereocenters. The van der Waals surface area contributed by atoms with Crippen LogP contribution in [0.15, 0.2) is 27.1 Å². The number of nitrogens with two attached hydrogens (primary N) is 1. The van der Waals surface area contributed by atoms with Gasteiger partial charge in [0.15, 0.2) is 0 Å². The van der Waals surface area contributed by atoms with E-state index < -0.39 is 0 Å². The number of nitrogens with one attached hydrogen (secondary N) is 1. The Hall–Kier alpha value is -0.0600. The van der Waals surface area contributed by atoms with Gasteiger partial charge in [0.1, 0.15) is 5.84 Å². The van der Waals surface area contributed by atoms with E-state index >= 15 is 0 Å². The maximum Gasteiger partial charge on any atom is 0.123 e. The zero-order valence-electron chi connectivity index (χ0n) is 5.97. The predicted octanol–water partition coefficient (Wildman–Crippen LogP) is 2.92. The number of rotatable bonds is 1. The first-order valence-electron chi connectivity index (χ1n) is 2.90. The minimum absolute atomic E-state index is 0. The third kappa shape index (κ3) is 2.77. The van der Waals surface area contributed by atoms with Crippen LogP contribution in [0.5, 0.6) is 0 Å². The number of nitrogen functional groups attached to an aromatic ring is 1. The van der Waals surface area contributed by atoms with Gasteiger partial charge in [-0.2, -0.15) is 0 Å². The predicted molar refractivity (Wildman–Crippen MR) is 60.1 cm³/mol. The molecule has 2 nitrogen and oxygen atoms in total. The summed E-state index contributed by atoms with van der Waals surface area (Å²) in [6.07, 6.45) is 0. The largest absolute Gasteiger partial charge is 0.384 e. The smallest absolute Gasteiger partial charge is 0.123 e. The molecule has 0 spiro atoms. The first-order valence-corrected chi connectivity index (χ1v) is 4.49. The van der Waals surface area contributed by atoms with Crippen molar-refractivity contribution in [2.45, 2.75) is 0 Å². The average Bonchev–Trinajstić information content (AvgIpc) is 1.94. The topological polar surface area (TPSA) is 49.9 Å². The summed E-state index contributed by atoms with van der Waals surface area (Å²) in [7, 11) is 0. The summed E-state index contributed by atoms with van der Waals surface area (Å²) in [5.41, 5.74) is 6.02. The highest BCUT2D eigenvalue weighted by molar-refractivity contribution is 9.11. The third-order valence-corrected chi connectivity index (χ3v) is 2.40. The zero-order valence-corrected chi connectivity index (χ0v) is 9.96. The second-order valence-electron chi connectivity index (χ2n) is 2.04. The molecular formula is C7H7Br2ClN2. The van der Waals surface area contributed by atoms with Crippen molar-refractivity contribution in [2.75, 3.05) is 0 Å². The van der Waals surface area contributed by atoms with E-state index in [0.29, 0.717) is 5.56 Å². The van der Waals surface area contributed by atoms with Crippen LogP contribution in [0.1, 0.15) is 5.56 Å². The van der Waals surface area contributed by atoms with E-state index in [1.54, 1.807) is 6.07 Å². The lowest BCUT2D eigenvalue weighted by molar-refractivity contribution is 1.40. The summed E-state index contributed by atoms with van der Waals surface area (Å²) < 4.78 is 1.76. The fourth-order valence-electron chi connectivity index (χ4n) is 0.704. The lowest BCUT2D eigenvalue weighted by Gasteiger charge is -2.01. The molecule has 1 aromatic rings. The molecule has 3 N–H and O–H groups in total. The van der Waals surface area contributed by atoms with Gasteiger partial charge >= 0.3 is 0 Å². The van der Waals surface area contributed by atoms with E-state index in [1.807, 2.05) is 12.1 Å². The Morgan fingerprint density at radius 3 is 2.33 bits per heavy atom. The first kappa shape index (κ1) is 11.9. The summed E-state index contributed by atoms with van der Waals surface area (Å²) >= 11 is 6.58. The highest BCUT2D eigenvalue weighted by atomic mass is 79.9. The van der Waals surface area contributed by atoms with Crippen molar-refractivity contribution in [1.82, 2.24) is 0 Å². The third-order valence-electron chi connectivity index (χ3n) is 1.22. The Labute approximate surface area is 93.7 Å². The highest BCUT2D eigenvalue weighted by Gasteiger charge is 2.01. The Morgan fingerprint density at radius 1 is 1.33 bits per heavy atom. The van der Waals surface area contributed by atoms with Crippen LogP contribution in [-0.4, -0.2) is 5.84 Å². The SMILES string of the molecule is Cl.N=C(N)c1cc(Br)ccc1Br. The molecule has 0 aliphatic heterocycles. The molecule has 0 saturated carbocycles. The number of hydrogen-bond donors (Lipinski definition) is 2. The Morgan fingerprint density at radius 2 is 1.92 bits per heavy atom. The van der Waals surface area contributed by atoms with Crippen molar-refractivity contribution < 1.29 is 0 Å². The van der Waals surface area contributed by atoms with Gasteiger partial charge in [0, 0.05) is 14.5 Å². The molecule has 0 aliphatic rings. The second kappa shape index (κ2) is 4.84. The fraction of sp³-hybridized carbons (Fsp3) is 0. The molecule has 0 heterocycles. The minimum atomic E-state index is 0. The summed E-state index contributed by atoms with van der Waals surface area (Å²) in [4.78, 5) is 0. The molecule has 0 aliphatic carbocycles. The van der Waals surface area contributed by atoms with Crippen LogP contribution in [0.2, 0.25) is 0 Å². The van der Waals surface area contributed by atoms with Crippen molar-refractivity contribution in [3.8, 4) is 0 Å². The number of halogens is 3. The maximum atomic E-state index is 7.20. The van der Waals surface area contributed by atoms with Crippen molar-refractivity contribution in [3.63, 3.8) is 0 Å². The van der Waals surface area contributed by atoms with Gasteiger partial charge < -0.3 is 5.73 Å². The van der Waals surface area contributed by atoms with E-state index in [2.05, 4.69) is 31.9 Å². The number of hydrogen-bond acceptors (Lipinski definition) is 1. The van der Waals surface area contributed by atoms with Gasteiger partial charge in [0.25, 0.3) is 0 Å². The van der Waals surface area contributed by atoms with Gasteiger partial charge in [-0.15, -0.1) is 12.4 Å². The molecule has 5 heteroatoms. The van der Waals surface area contributed by atoms with Gasteiger partial charge in [-0.25, -0.2) is 0 Å². The molecule has 0 radical (unpaired) electrons. The van der Waals surface area contributed by atoms with Crippen molar-refractivity contribution >= 4 is 50.1 Å². The minimum Gasteiger partial charge on any atom is -0.384 e. The summed E-state index contributed by atoms with van der Waals surface area (Å²) in [6, 6.07) is 5.53. The molecule has 0 aromatic heterocycles. The van der Waals surface area contributed by atoms with Gasteiger partial charge in [-0.1, -0.05) is 31.9 Å². The number of benzene rings is 1. The molecule has 1 aromatic carbocycles. The Bertz CT molecular complexity index is 301. The van der Waals surface area contributed by atoms with Crippen LogP contribution >= 0.6 is 44.3 Å². The van der Waals surface area contributed by atoms with Gasteiger partial charge in [-0.3, -0.25) is 5.41 Å². The molecule has 12 heavy (non-hydrogen) atoms. The standard InChI is InChI=1S/C7H6Br2N2.ClH/c8-4-1-2-6(9)5(3-4)7(10)11;/h1-3H,(H3,10,11);1H. The van der Waals surface area contributed by atoms with E-state index in [1.165, 1.54) is 0 Å². The van der Waals surface area contributed by atoms with Gasteiger partial charge in [0.2, 0.25) is 0 Å². The second-order valence-corrected chi connectivity index (χ2v) is 3.81. The van der Waals surface area contributed by atoms with E-state index in [0.717, 1.165) is 8.95 Å². The van der Waals surface area contributed by atoms with Gasteiger partial charge in [0.05, 0.1) is 0 Å². The van der Waals surface area contributed by atoms with Crippen LogP contribution in [0.25, 0.3) is 0 Å². The van der Waals surface area contributed by atoms with Crippen LogP contribution in [-0.2, 0) is 0 Å². The quantitative estimate of drug-likeness (QED) is 0.608. The first-order chi connectivity index (χ1) is 5.11. The van der Waals surface area contributed by atoms with E-state index in [9.17, 15) is 0 Å². The van der Waals surface area contributed by atoms with E-state index in [4.69, 9.17) is 11.1 Å². The zero-order chi connectivity index (χ0) is 8.43. The molecule has 0 amide bonds. The lowest BCUT2D eigenvalue weighted by Crippen LogP contribution is -2.11. The monoisotopic (exact) mass is 312 g/mol. The van der Waals surface area contributed by atoms with Crippen LogP contribution in [0.3, 0.4) is 0 Å². The summed E-state index contributed by atoms with van der Waals surface area (Å²) in [5.74, 6) is 0.0678. The fourth-order valence-corrected chi connectivity index (χ4v) is 1.53. The molecule has 0 fully saturated rings. The molecule has 0 saturated heterocycles.